The van der Waals surface area contributed by atoms with Gasteiger partial charge in [-0.3, -0.25) is 4.79 Å². The largest absolute Gasteiger partial charge is 0.497 e. The summed E-state index contributed by atoms with van der Waals surface area (Å²) >= 11 is 0. The van der Waals surface area contributed by atoms with Gasteiger partial charge in [-0.15, -0.1) is 0 Å². The Balaban J connectivity index is 1.59. The maximum atomic E-state index is 12.2. The zero-order chi connectivity index (χ0) is 22.9. The molecule has 0 aliphatic heterocycles. The third kappa shape index (κ3) is 6.21. The number of carbonyl (C=O) groups is 1. The van der Waals surface area contributed by atoms with E-state index in [0.717, 1.165) is 5.56 Å². The van der Waals surface area contributed by atoms with Gasteiger partial charge >= 0.3 is 5.97 Å². The van der Waals surface area contributed by atoms with Crippen LogP contribution in [0, 0.1) is 0 Å². The number of nitrogens with one attached hydrogen (secondary N) is 1. The van der Waals surface area contributed by atoms with Crippen molar-refractivity contribution in [2.75, 3.05) is 32.4 Å². The SMILES string of the molecule is COc1cc(CCC(=O)OCc2nc(N)nc(Nc3ccccc3OC)n2)cc(OC)c1. The van der Waals surface area contributed by atoms with Gasteiger partial charge < -0.3 is 30.0 Å². The molecule has 3 aromatic rings. The molecule has 0 aliphatic rings. The Bertz CT molecular complexity index is 1050. The van der Waals surface area contributed by atoms with Crippen LogP contribution < -0.4 is 25.3 Å². The van der Waals surface area contributed by atoms with Crippen molar-refractivity contribution in [3.63, 3.8) is 0 Å². The summed E-state index contributed by atoms with van der Waals surface area (Å²) in [5, 5.41) is 3.03. The number of methoxy groups -OCH3 is 3. The summed E-state index contributed by atoms with van der Waals surface area (Å²) in [5.41, 5.74) is 7.34. The van der Waals surface area contributed by atoms with Crippen LogP contribution in [0.2, 0.25) is 0 Å². The second kappa shape index (κ2) is 10.8. The van der Waals surface area contributed by atoms with Gasteiger partial charge in [0.25, 0.3) is 0 Å². The van der Waals surface area contributed by atoms with E-state index in [2.05, 4.69) is 20.3 Å². The predicted molar refractivity (Wildman–Crippen MR) is 118 cm³/mol. The summed E-state index contributed by atoms with van der Waals surface area (Å²) in [6.07, 6.45) is 0.634. The Hall–Kier alpha value is -4.08. The highest BCUT2D eigenvalue weighted by Crippen LogP contribution is 2.26. The molecule has 0 saturated carbocycles. The van der Waals surface area contributed by atoms with Gasteiger partial charge in [0.15, 0.2) is 12.4 Å². The molecule has 10 nitrogen and oxygen atoms in total. The van der Waals surface area contributed by atoms with Gasteiger partial charge in [0.2, 0.25) is 11.9 Å². The van der Waals surface area contributed by atoms with Crippen molar-refractivity contribution < 1.29 is 23.7 Å². The third-order valence-corrected chi connectivity index (χ3v) is 4.44. The normalized spacial score (nSPS) is 10.3. The van der Waals surface area contributed by atoms with E-state index < -0.39 is 5.97 Å². The first-order valence-electron chi connectivity index (χ1n) is 9.78. The fourth-order valence-electron chi connectivity index (χ4n) is 2.90. The molecule has 3 rings (SSSR count). The molecule has 0 aliphatic carbocycles. The van der Waals surface area contributed by atoms with E-state index in [1.54, 1.807) is 33.5 Å². The molecular weight excluding hydrogens is 414 g/mol. The predicted octanol–water partition coefficient (Wildman–Crippen LogP) is 2.90. The van der Waals surface area contributed by atoms with Crippen molar-refractivity contribution in [1.82, 2.24) is 15.0 Å². The number of benzene rings is 2. The summed E-state index contributed by atoms with van der Waals surface area (Å²) in [6.45, 7) is -0.131. The van der Waals surface area contributed by atoms with Crippen LogP contribution in [0.1, 0.15) is 17.8 Å². The van der Waals surface area contributed by atoms with Crippen LogP contribution in [-0.4, -0.2) is 42.3 Å². The molecule has 0 atom stereocenters. The van der Waals surface area contributed by atoms with Crippen molar-refractivity contribution in [1.29, 1.82) is 0 Å². The molecule has 1 aromatic heterocycles. The summed E-state index contributed by atoms with van der Waals surface area (Å²) < 4.78 is 21.1. The Morgan fingerprint density at radius 2 is 1.69 bits per heavy atom. The zero-order valence-corrected chi connectivity index (χ0v) is 18.1. The molecule has 0 amide bonds. The van der Waals surface area contributed by atoms with Crippen molar-refractivity contribution in [3.8, 4) is 17.2 Å². The van der Waals surface area contributed by atoms with Crippen LogP contribution in [0.25, 0.3) is 0 Å². The number of para-hydroxylation sites is 2. The molecule has 0 unspecified atom stereocenters. The number of nitrogens with two attached hydrogens (primary N) is 1. The Labute approximate surface area is 185 Å². The number of carbonyl (C=O) groups excluding carboxylic acids is 1. The fraction of sp³-hybridized carbons (Fsp3) is 0.273. The molecule has 10 heteroatoms. The van der Waals surface area contributed by atoms with E-state index in [-0.39, 0.29) is 30.7 Å². The Morgan fingerprint density at radius 1 is 0.969 bits per heavy atom. The molecule has 168 valence electrons. The molecule has 0 radical (unpaired) electrons. The van der Waals surface area contributed by atoms with Gasteiger partial charge in [-0.2, -0.15) is 15.0 Å². The number of aromatic nitrogens is 3. The highest BCUT2D eigenvalue weighted by molar-refractivity contribution is 5.69. The number of hydrogen-bond donors (Lipinski definition) is 2. The molecule has 32 heavy (non-hydrogen) atoms. The number of ether oxygens (including phenoxy) is 4. The van der Waals surface area contributed by atoms with Crippen molar-refractivity contribution in [2.45, 2.75) is 19.4 Å². The van der Waals surface area contributed by atoms with Gasteiger partial charge in [-0.1, -0.05) is 12.1 Å². The first-order valence-corrected chi connectivity index (χ1v) is 9.78. The number of aryl methyl sites for hydroxylation is 1. The molecule has 2 aromatic carbocycles. The second-order valence-corrected chi connectivity index (χ2v) is 6.64. The minimum atomic E-state index is -0.398. The Kier molecular flexibility index (Phi) is 7.63. The molecular formula is C22H25N5O5. The zero-order valence-electron chi connectivity index (χ0n) is 18.1. The lowest BCUT2D eigenvalue weighted by atomic mass is 10.1. The van der Waals surface area contributed by atoms with Crippen LogP contribution in [0.3, 0.4) is 0 Å². The average molecular weight is 439 g/mol. The number of nitrogens with zero attached hydrogens (tertiary/aromatic N) is 3. The Morgan fingerprint density at radius 3 is 2.38 bits per heavy atom. The molecule has 0 spiro atoms. The number of esters is 1. The number of nitrogen functional groups attached to an aromatic ring is 1. The van der Waals surface area contributed by atoms with E-state index in [1.807, 2.05) is 30.3 Å². The first kappa shape index (κ1) is 22.6. The van der Waals surface area contributed by atoms with Crippen molar-refractivity contribution in [2.24, 2.45) is 0 Å². The van der Waals surface area contributed by atoms with Crippen LogP contribution >= 0.6 is 0 Å². The van der Waals surface area contributed by atoms with E-state index in [9.17, 15) is 4.79 Å². The maximum absolute atomic E-state index is 12.2. The number of anilines is 3. The lowest BCUT2D eigenvalue weighted by Gasteiger charge is -2.11. The standard InChI is InChI=1S/C22H25N5O5/c1-29-15-10-14(11-16(12-15)30-2)8-9-20(28)32-13-19-25-21(23)27-22(26-19)24-17-6-4-5-7-18(17)31-3/h4-7,10-12H,8-9,13H2,1-3H3,(H3,23,24,25,26,27). The van der Waals surface area contributed by atoms with Crippen LogP contribution in [0.5, 0.6) is 17.2 Å². The van der Waals surface area contributed by atoms with E-state index in [0.29, 0.717) is 29.4 Å². The number of rotatable bonds is 10. The van der Waals surface area contributed by atoms with Crippen molar-refractivity contribution >= 4 is 23.6 Å². The van der Waals surface area contributed by atoms with Gasteiger partial charge in [-0.05, 0) is 36.2 Å². The quantitative estimate of drug-likeness (QED) is 0.455. The minimum absolute atomic E-state index is 0.00641. The topological polar surface area (TPSA) is 131 Å². The molecule has 1 heterocycles. The van der Waals surface area contributed by atoms with Crippen molar-refractivity contribution in [3.05, 3.63) is 53.9 Å². The van der Waals surface area contributed by atoms with Gasteiger partial charge in [0, 0.05) is 12.5 Å². The lowest BCUT2D eigenvalue weighted by Crippen LogP contribution is -2.11. The monoisotopic (exact) mass is 439 g/mol. The average Bonchev–Trinajstić information content (AvgIpc) is 2.81. The van der Waals surface area contributed by atoms with E-state index in [1.165, 1.54) is 0 Å². The molecule has 0 fully saturated rings. The maximum Gasteiger partial charge on any atom is 0.306 e. The van der Waals surface area contributed by atoms with Gasteiger partial charge in [-0.25, -0.2) is 0 Å². The second-order valence-electron chi connectivity index (χ2n) is 6.64. The highest BCUT2D eigenvalue weighted by atomic mass is 16.5. The highest BCUT2D eigenvalue weighted by Gasteiger charge is 2.11. The third-order valence-electron chi connectivity index (χ3n) is 4.44. The van der Waals surface area contributed by atoms with Gasteiger partial charge in [0.05, 0.1) is 27.0 Å². The summed E-state index contributed by atoms with van der Waals surface area (Å²) in [6, 6.07) is 12.8. The minimum Gasteiger partial charge on any atom is -0.497 e. The summed E-state index contributed by atoms with van der Waals surface area (Å²) in [4.78, 5) is 24.6. The summed E-state index contributed by atoms with van der Waals surface area (Å²) in [7, 11) is 4.71. The molecule has 3 N–H and O–H groups in total. The molecule has 0 saturated heterocycles. The fourth-order valence-corrected chi connectivity index (χ4v) is 2.90. The smallest absolute Gasteiger partial charge is 0.306 e. The number of hydrogen-bond acceptors (Lipinski definition) is 10. The van der Waals surface area contributed by atoms with Crippen LogP contribution in [0.4, 0.5) is 17.6 Å². The van der Waals surface area contributed by atoms with Gasteiger partial charge in [0.1, 0.15) is 17.2 Å². The lowest BCUT2D eigenvalue weighted by molar-refractivity contribution is -0.145. The summed E-state index contributed by atoms with van der Waals surface area (Å²) in [5.74, 6) is 1.99. The molecule has 0 bridgehead atoms. The van der Waals surface area contributed by atoms with E-state index >= 15 is 0 Å². The van der Waals surface area contributed by atoms with E-state index in [4.69, 9.17) is 24.7 Å². The van der Waals surface area contributed by atoms with Crippen LogP contribution in [0.15, 0.2) is 42.5 Å². The van der Waals surface area contributed by atoms with Crippen LogP contribution in [-0.2, 0) is 22.6 Å². The first-order chi connectivity index (χ1) is 15.5.